The number of nitriles is 1. The van der Waals surface area contributed by atoms with Gasteiger partial charge < -0.3 is 15.2 Å². The van der Waals surface area contributed by atoms with Gasteiger partial charge in [-0.1, -0.05) is 17.7 Å². The van der Waals surface area contributed by atoms with Crippen LogP contribution >= 0.6 is 11.6 Å². The third-order valence-electron chi connectivity index (χ3n) is 4.33. The number of ether oxygens (including phenoxy) is 1. The van der Waals surface area contributed by atoms with Gasteiger partial charge >= 0.3 is 5.69 Å². The number of carbonyl (C=O) groups is 1. The second kappa shape index (κ2) is 10.1. The first-order chi connectivity index (χ1) is 16.2. The van der Waals surface area contributed by atoms with Crippen molar-refractivity contribution in [2.45, 2.75) is 0 Å². The molecule has 2 N–H and O–H groups in total. The summed E-state index contributed by atoms with van der Waals surface area (Å²) in [6.07, 6.45) is 1.28. The molecule has 3 aromatic rings. The van der Waals surface area contributed by atoms with Gasteiger partial charge in [0.05, 0.1) is 20.9 Å². The summed E-state index contributed by atoms with van der Waals surface area (Å²) < 4.78 is 5.48. The topological polar surface area (TPSA) is 169 Å². The summed E-state index contributed by atoms with van der Waals surface area (Å²) in [7, 11) is 0. The molecule has 170 valence electrons. The van der Waals surface area contributed by atoms with Crippen molar-refractivity contribution in [3.8, 4) is 23.3 Å². The Morgan fingerprint density at radius 1 is 1.03 bits per heavy atom. The SMILES string of the molecule is N#C/C(=C\c1ccc(Oc2ccc([N+](=O)[O-])cc2[N+](=O)[O-])c(Cl)c1)C(=O)Nc1ccc(O)cc1. The molecule has 34 heavy (non-hydrogen) atoms. The lowest BCUT2D eigenvalue weighted by molar-refractivity contribution is -0.394. The quantitative estimate of drug-likeness (QED) is 0.153. The first-order valence-corrected chi connectivity index (χ1v) is 9.68. The minimum atomic E-state index is -0.820. The van der Waals surface area contributed by atoms with Crippen molar-refractivity contribution in [3.05, 3.63) is 97.1 Å². The molecule has 3 aromatic carbocycles. The number of phenols is 1. The summed E-state index contributed by atoms with van der Waals surface area (Å²) in [5.41, 5.74) is -0.584. The molecule has 0 bridgehead atoms. The van der Waals surface area contributed by atoms with E-state index in [1.54, 1.807) is 6.07 Å². The Balaban J connectivity index is 1.83. The number of nitrogens with zero attached hydrogens (tertiary/aromatic N) is 3. The van der Waals surface area contributed by atoms with Crippen molar-refractivity contribution in [2.75, 3.05) is 5.32 Å². The van der Waals surface area contributed by atoms with Gasteiger partial charge in [-0.3, -0.25) is 25.0 Å². The van der Waals surface area contributed by atoms with E-state index in [0.29, 0.717) is 11.3 Å². The number of non-ortho nitro benzene ring substituents is 1. The Labute approximate surface area is 196 Å². The van der Waals surface area contributed by atoms with Crippen LogP contribution in [0.15, 0.2) is 66.2 Å². The first-order valence-electron chi connectivity index (χ1n) is 9.30. The number of amides is 1. The van der Waals surface area contributed by atoms with Crippen LogP contribution in [0.4, 0.5) is 17.1 Å². The Hall–Kier alpha value is -4.95. The molecule has 0 aromatic heterocycles. The highest BCUT2D eigenvalue weighted by atomic mass is 35.5. The molecule has 0 aliphatic carbocycles. The predicted molar refractivity (Wildman–Crippen MR) is 122 cm³/mol. The molecule has 0 saturated carbocycles. The van der Waals surface area contributed by atoms with Gasteiger partial charge in [0.15, 0.2) is 0 Å². The van der Waals surface area contributed by atoms with E-state index in [-0.39, 0.29) is 27.8 Å². The third-order valence-corrected chi connectivity index (χ3v) is 4.62. The van der Waals surface area contributed by atoms with Crippen LogP contribution in [0.5, 0.6) is 17.2 Å². The number of nitrogens with one attached hydrogen (secondary N) is 1. The van der Waals surface area contributed by atoms with Crippen molar-refractivity contribution < 1.29 is 24.5 Å². The van der Waals surface area contributed by atoms with E-state index >= 15 is 0 Å². The van der Waals surface area contributed by atoms with Crippen LogP contribution < -0.4 is 10.1 Å². The molecule has 0 spiro atoms. The van der Waals surface area contributed by atoms with E-state index in [2.05, 4.69) is 5.32 Å². The maximum Gasteiger partial charge on any atom is 0.318 e. The Morgan fingerprint density at radius 3 is 2.29 bits per heavy atom. The highest BCUT2D eigenvalue weighted by Gasteiger charge is 2.22. The van der Waals surface area contributed by atoms with Crippen molar-refractivity contribution in [3.63, 3.8) is 0 Å². The number of nitro groups is 2. The van der Waals surface area contributed by atoms with E-state index in [1.165, 1.54) is 48.5 Å². The molecular formula is C22H13ClN4O7. The van der Waals surface area contributed by atoms with E-state index in [1.807, 2.05) is 0 Å². The van der Waals surface area contributed by atoms with E-state index in [4.69, 9.17) is 16.3 Å². The van der Waals surface area contributed by atoms with Gasteiger partial charge in [0, 0.05) is 11.8 Å². The van der Waals surface area contributed by atoms with Crippen molar-refractivity contribution in [2.24, 2.45) is 0 Å². The van der Waals surface area contributed by atoms with Crippen LogP contribution in [0.1, 0.15) is 5.56 Å². The molecule has 0 atom stereocenters. The number of nitro benzene ring substituents is 2. The van der Waals surface area contributed by atoms with Crippen molar-refractivity contribution >= 4 is 40.6 Å². The average molecular weight is 481 g/mol. The van der Waals surface area contributed by atoms with Gasteiger partial charge in [-0.2, -0.15) is 5.26 Å². The lowest BCUT2D eigenvalue weighted by Gasteiger charge is -2.09. The molecule has 12 heteroatoms. The Kier molecular flexibility index (Phi) is 7.05. The fraction of sp³-hybridized carbons (Fsp3) is 0. The number of anilines is 1. The number of carbonyl (C=O) groups excluding carboxylic acids is 1. The zero-order valence-corrected chi connectivity index (χ0v) is 17.7. The number of hydrogen-bond donors (Lipinski definition) is 2. The number of rotatable bonds is 7. The molecule has 0 radical (unpaired) electrons. The highest BCUT2D eigenvalue weighted by Crippen LogP contribution is 2.37. The minimum absolute atomic E-state index is 0.0117. The Bertz CT molecular complexity index is 1360. The summed E-state index contributed by atoms with van der Waals surface area (Å²) in [6.45, 7) is 0. The van der Waals surface area contributed by atoms with E-state index in [0.717, 1.165) is 18.2 Å². The lowest BCUT2D eigenvalue weighted by atomic mass is 10.1. The van der Waals surface area contributed by atoms with Gasteiger partial charge in [0.1, 0.15) is 23.1 Å². The lowest BCUT2D eigenvalue weighted by Crippen LogP contribution is -2.13. The highest BCUT2D eigenvalue weighted by molar-refractivity contribution is 6.32. The molecule has 11 nitrogen and oxygen atoms in total. The molecule has 0 aliphatic heterocycles. The van der Waals surface area contributed by atoms with E-state index < -0.39 is 27.1 Å². The minimum Gasteiger partial charge on any atom is -0.508 e. The third kappa shape index (κ3) is 5.64. The van der Waals surface area contributed by atoms with Crippen LogP contribution in [0.25, 0.3) is 6.08 Å². The van der Waals surface area contributed by atoms with Gasteiger partial charge in [0.2, 0.25) is 5.75 Å². The molecule has 0 saturated heterocycles. The van der Waals surface area contributed by atoms with Crippen molar-refractivity contribution in [1.82, 2.24) is 0 Å². The van der Waals surface area contributed by atoms with Gasteiger partial charge in [-0.25, -0.2) is 0 Å². The summed E-state index contributed by atoms with van der Waals surface area (Å²) in [5.74, 6) is -0.911. The van der Waals surface area contributed by atoms with Crippen LogP contribution in [0.2, 0.25) is 5.02 Å². The summed E-state index contributed by atoms with van der Waals surface area (Å²) in [6, 6.07) is 14.6. The number of hydrogen-bond acceptors (Lipinski definition) is 8. The first kappa shape index (κ1) is 23.7. The normalized spacial score (nSPS) is 10.8. The fourth-order valence-electron chi connectivity index (χ4n) is 2.71. The van der Waals surface area contributed by atoms with Crippen LogP contribution in [0, 0.1) is 31.6 Å². The molecule has 0 unspecified atom stereocenters. The molecule has 3 rings (SSSR count). The summed E-state index contributed by atoms with van der Waals surface area (Å²) in [4.78, 5) is 32.9. The standard InChI is InChI=1S/C22H13ClN4O7/c23-18-10-13(9-14(12-24)22(29)25-15-2-5-17(28)6-3-15)1-7-20(18)34-21-8-4-16(26(30)31)11-19(21)27(32)33/h1-11,28H,(H,25,29)/b14-9+. The maximum absolute atomic E-state index is 12.4. The van der Waals surface area contributed by atoms with Gasteiger partial charge in [-0.05, 0) is 54.1 Å². The monoisotopic (exact) mass is 480 g/mol. The summed E-state index contributed by atoms with van der Waals surface area (Å²) >= 11 is 6.20. The molecule has 0 aliphatic rings. The molecule has 0 heterocycles. The Morgan fingerprint density at radius 2 is 1.71 bits per heavy atom. The fourth-order valence-corrected chi connectivity index (χ4v) is 2.94. The zero-order chi connectivity index (χ0) is 24.8. The maximum atomic E-state index is 12.4. The number of halogens is 1. The number of phenolic OH excluding ortho intramolecular Hbond substituents is 1. The van der Waals surface area contributed by atoms with Gasteiger partial charge in [-0.15, -0.1) is 0 Å². The van der Waals surface area contributed by atoms with E-state index in [9.17, 15) is 35.4 Å². The predicted octanol–water partition coefficient (Wildman–Crippen LogP) is 5.20. The van der Waals surface area contributed by atoms with Crippen LogP contribution in [-0.2, 0) is 4.79 Å². The van der Waals surface area contributed by atoms with Crippen LogP contribution in [-0.4, -0.2) is 20.9 Å². The molecule has 0 fully saturated rings. The van der Waals surface area contributed by atoms with Gasteiger partial charge in [0.25, 0.3) is 11.6 Å². The number of aromatic hydroxyl groups is 1. The second-order valence-electron chi connectivity index (χ2n) is 6.63. The number of benzene rings is 3. The zero-order valence-electron chi connectivity index (χ0n) is 17.0. The van der Waals surface area contributed by atoms with Crippen LogP contribution in [0.3, 0.4) is 0 Å². The molecule has 1 amide bonds. The largest absolute Gasteiger partial charge is 0.508 e. The molecular weight excluding hydrogens is 468 g/mol. The average Bonchev–Trinajstić information content (AvgIpc) is 2.80. The smallest absolute Gasteiger partial charge is 0.318 e. The second-order valence-corrected chi connectivity index (χ2v) is 7.04. The van der Waals surface area contributed by atoms with Crippen molar-refractivity contribution in [1.29, 1.82) is 5.26 Å². The summed E-state index contributed by atoms with van der Waals surface area (Å²) in [5, 5.41) is 43.3.